The largest absolute Gasteiger partial charge is 0.387 e. The first kappa shape index (κ1) is 23.4. The number of rotatable bonds is 9. The molecule has 1 saturated heterocycles. The van der Waals surface area contributed by atoms with E-state index in [1.54, 1.807) is 4.57 Å². The number of imidazole rings is 1. The molecule has 0 spiro atoms. The molecule has 0 aliphatic carbocycles. The second kappa shape index (κ2) is 10.4. The van der Waals surface area contributed by atoms with Crippen LogP contribution in [0.1, 0.15) is 18.2 Å². The van der Waals surface area contributed by atoms with Crippen LogP contribution >= 0.6 is 11.8 Å². The van der Waals surface area contributed by atoms with E-state index in [4.69, 9.17) is 16.2 Å². The van der Waals surface area contributed by atoms with Crippen LogP contribution in [0.4, 0.5) is 5.82 Å². The van der Waals surface area contributed by atoms with Crippen molar-refractivity contribution in [3.05, 3.63) is 48.5 Å². The molecule has 4 rings (SSSR count). The van der Waals surface area contributed by atoms with Gasteiger partial charge < -0.3 is 31.7 Å². The number of benzene rings is 1. The van der Waals surface area contributed by atoms with Crippen LogP contribution in [0.5, 0.6) is 0 Å². The molecule has 3 heterocycles. The molecule has 5 atom stereocenters. The van der Waals surface area contributed by atoms with Crippen LogP contribution < -0.4 is 16.8 Å². The molecule has 0 radical (unpaired) electrons. The van der Waals surface area contributed by atoms with Crippen LogP contribution in [0, 0.1) is 0 Å². The molecular formula is C21H27N7O4S. The number of nitrogens with zero attached hydrogens (tertiary/aromatic N) is 4. The number of amides is 1. The topological polar surface area (TPSA) is 174 Å². The summed E-state index contributed by atoms with van der Waals surface area (Å²) in [6, 6.07) is 8.99. The Morgan fingerprint density at radius 3 is 2.79 bits per heavy atom. The fraction of sp³-hybridized carbons (Fsp3) is 0.429. The molecular weight excluding hydrogens is 446 g/mol. The summed E-state index contributed by atoms with van der Waals surface area (Å²) in [6.07, 6.45) is -0.454. The van der Waals surface area contributed by atoms with Crippen LogP contribution in [0.15, 0.2) is 43.0 Å². The molecule has 0 saturated carbocycles. The normalized spacial score (nSPS) is 23.6. The number of carbonyl (C=O) groups is 1. The minimum absolute atomic E-state index is 0.208. The molecule has 1 aromatic carbocycles. The van der Waals surface area contributed by atoms with E-state index in [0.717, 1.165) is 5.56 Å². The minimum Gasteiger partial charge on any atom is -0.387 e. The molecule has 0 unspecified atom stereocenters. The standard InChI is InChI=1S/C21H27N7O4S/c22-13(20(31)24-8-12-4-2-1-3-5-12)6-7-33-9-14-16(29)17(30)21(32-14)28-11-27-15-18(23)25-10-26-19(15)28/h1-5,10-11,13-14,16-17,21,29-30H,6-9,22H2,(H,24,31)(H2,23,25,26)/t13-,14+,16+,17+,21+/m0/s1. The molecule has 33 heavy (non-hydrogen) atoms. The molecule has 1 aliphatic rings. The molecule has 1 fully saturated rings. The fourth-order valence-corrected chi connectivity index (χ4v) is 4.71. The average Bonchev–Trinajstić information content (AvgIpc) is 3.38. The Morgan fingerprint density at radius 1 is 1.21 bits per heavy atom. The van der Waals surface area contributed by atoms with Crippen LogP contribution in [0.3, 0.4) is 0 Å². The Morgan fingerprint density at radius 2 is 2.00 bits per heavy atom. The van der Waals surface area contributed by atoms with Gasteiger partial charge in [-0.15, -0.1) is 0 Å². The summed E-state index contributed by atoms with van der Waals surface area (Å²) < 4.78 is 7.45. The molecule has 3 aromatic rings. The molecule has 7 N–H and O–H groups in total. The second-order valence-electron chi connectivity index (χ2n) is 7.80. The first-order chi connectivity index (χ1) is 16.0. The van der Waals surface area contributed by atoms with Gasteiger partial charge in [0.15, 0.2) is 17.7 Å². The second-order valence-corrected chi connectivity index (χ2v) is 8.95. The Kier molecular flexibility index (Phi) is 7.40. The van der Waals surface area contributed by atoms with E-state index in [1.807, 2.05) is 30.3 Å². The van der Waals surface area contributed by atoms with Crippen LogP contribution in [-0.4, -0.2) is 71.5 Å². The minimum atomic E-state index is -1.16. The van der Waals surface area contributed by atoms with Gasteiger partial charge in [-0.3, -0.25) is 9.36 Å². The zero-order valence-electron chi connectivity index (χ0n) is 17.8. The van der Waals surface area contributed by atoms with Gasteiger partial charge in [0.2, 0.25) is 5.91 Å². The van der Waals surface area contributed by atoms with E-state index in [2.05, 4.69) is 20.3 Å². The smallest absolute Gasteiger partial charge is 0.237 e. The monoisotopic (exact) mass is 473 g/mol. The van der Waals surface area contributed by atoms with Gasteiger partial charge in [-0.25, -0.2) is 15.0 Å². The summed E-state index contributed by atoms with van der Waals surface area (Å²) >= 11 is 1.50. The lowest BCUT2D eigenvalue weighted by molar-refractivity contribution is -0.122. The third-order valence-electron chi connectivity index (χ3n) is 5.50. The van der Waals surface area contributed by atoms with Gasteiger partial charge in [-0.05, 0) is 17.7 Å². The number of nitrogens with two attached hydrogens (primary N) is 2. The quantitative estimate of drug-likeness (QED) is 0.262. The third-order valence-corrected chi connectivity index (χ3v) is 6.59. The van der Waals surface area contributed by atoms with Crippen molar-refractivity contribution in [3.63, 3.8) is 0 Å². The van der Waals surface area contributed by atoms with E-state index >= 15 is 0 Å². The highest BCUT2D eigenvalue weighted by Crippen LogP contribution is 2.33. The van der Waals surface area contributed by atoms with E-state index in [1.165, 1.54) is 24.4 Å². The zero-order chi connectivity index (χ0) is 23.4. The van der Waals surface area contributed by atoms with Crippen molar-refractivity contribution in [2.24, 2.45) is 5.73 Å². The van der Waals surface area contributed by atoms with Crippen LogP contribution in [0.2, 0.25) is 0 Å². The number of aliphatic hydroxyl groups excluding tert-OH is 2. The number of aliphatic hydroxyl groups is 2. The Bertz CT molecular complexity index is 1080. The maximum absolute atomic E-state index is 12.2. The van der Waals surface area contributed by atoms with Gasteiger partial charge in [0.05, 0.1) is 18.5 Å². The van der Waals surface area contributed by atoms with Crippen molar-refractivity contribution in [3.8, 4) is 0 Å². The number of nitrogen functional groups attached to an aromatic ring is 1. The van der Waals surface area contributed by atoms with Crippen molar-refractivity contribution in [1.82, 2.24) is 24.8 Å². The number of aromatic nitrogens is 4. The number of ether oxygens (including phenoxy) is 1. The molecule has 0 bridgehead atoms. The van der Waals surface area contributed by atoms with E-state index in [0.29, 0.717) is 35.6 Å². The number of thioether (sulfide) groups is 1. The van der Waals surface area contributed by atoms with Crippen molar-refractivity contribution < 1.29 is 19.7 Å². The number of anilines is 1. The lowest BCUT2D eigenvalue weighted by Gasteiger charge is -2.16. The van der Waals surface area contributed by atoms with Gasteiger partial charge in [0, 0.05) is 12.3 Å². The number of carbonyl (C=O) groups excluding carboxylic acids is 1. The summed E-state index contributed by atoms with van der Waals surface area (Å²) in [5.41, 5.74) is 13.6. The highest BCUT2D eigenvalue weighted by atomic mass is 32.2. The maximum Gasteiger partial charge on any atom is 0.237 e. The number of fused-ring (bicyclic) bond motifs is 1. The van der Waals surface area contributed by atoms with Crippen molar-refractivity contribution in [1.29, 1.82) is 0 Å². The average molecular weight is 474 g/mol. The fourth-order valence-electron chi connectivity index (χ4n) is 3.61. The summed E-state index contributed by atoms with van der Waals surface area (Å²) in [5.74, 6) is 1.05. The van der Waals surface area contributed by atoms with Crippen molar-refractivity contribution >= 4 is 34.7 Å². The van der Waals surface area contributed by atoms with Crippen LogP contribution in [0.25, 0.3) is 11.2 Å². The summed E-state index contributed by atoms with van der Waals surface area (Å²) in [7, 11) is 0. The van der Waals surface area contributed by atoms with E-state index in [9.17, 15) is 15.0 Å². The molecule has 2 aromatic heterocycles. The third kappa shape index (κ3) is 5.25. The van der Waals surface area contributed by atoms with Gasteiger partial charge in [-0.1, -0.05) is 30.3 Å². The molecule has 11 nitrogen and oxygen atoms in total. The lowest BCUT2D eigenvalue weighted by atomic mass is 10.1. The van der Waals surface area contributed by atoms with E-state index in [-0.39, 0.29) is 11.7 Å². The van der Waals surface area contributed by atoms with E-state index < -0.39 is 30.6 Å². The Balaban J connectivity index is 1.24. The Labute approximate surface area is 194 Å². The predicted molar refractivity (Wildman–Crippen MR) is 124 cm³/mol. The maximum atomic E-state index is 12.2. The Hall–Kier alpha value is -2.77. The first-order valence-corrected chi connectivity index (χ1v) is 11.7. The predicted octanol–water partition coefficient (Wildman–Crippen LogP) is -0.205. The molecule has 176 valence electrons. The van der Waals surface area contributed by atoms with Gasteiger partial charge in [-0.2, -0.15) is 11.8 Å². The van der Waals surface area contributed by atoms with Crippen molar-refractivity contribution in [2.75, 3.05) is 17.2 Å². The van der Waals surface area contributed by atoms with Crippen LogP contribution in [-0.2, 0) is 16.1 Å². The summed E-state index contributed by atoms with van der Waals surface area (Å²) in [5, 5.41) is 23.8. The highest BCUT2D eigenvalue weighted by molar-refractivity contribution is 7.99. The molecule has 12 heteroatoms. The van der Waals surface area contributed by atoms with Gasteiger partial charge in [0.25, 0.3) is 0 Å². The lowest BCUT2D eigenvalue weighted by Crippen LogP contribution is -2.40. The summed E-state index contributed by atoms with van der Waals surface area (Å²) in [4.78, 5) is 24.4. The van der Waals surface area contributed by atoms with Gasteiger partial charge in [0.1, 0.15) is 24.1 Å². The number of hydrogen-bond donors (Lipinski definition) is 5. The van der Waals surface area contributed by atoms with Gasteiger partial charge >= 0.3 is 0 Å². The summed E-state index contributed by atoms with van der Waals surface area (Å²) in [6.45, 7) is 0.432. The number of nitrogens with one attached hydrogen (secondary N) is 1. The number of hydrogen-bond acceptors (Lipinski definition) is 10. The molecule has 1 aliphatic heterocycles. The first-order valence-electron chi connectivity index (χ1n) is 10.5. The molecule has 1 amide bonds. The highest BCUT2D eigenvalue weighted by Gasteiger charge is 2.44. The van der Waals surface area contributed by atoms with Crippen molar-refractivity contribution in [2.45, 2.75) is 43.5 Å². The SMILES string of the molecule is Nc1ncnc2c1ncn2[C@@H]1O[C@H](CSCC[C@H](N)C(=O)NCc2ccccc2)[C@@H](O)[C@H]1O. The zero-order valence-corrected chi connectivity index (χ0v) is 18.6.